The van der Waals surface area contributed by atoms with Crippen LogP contribution >= 0.6 is 0 Å². The van der Waals surface area contributed by atoms with Crippen molar-refractivity contribution in [2.45, 2.75) is 51.2 Å². The van der Waals surface area contributed by atoms with Crippen molar-refractivity contribution in [3.8, 4) is 0 Å². The molecule has 1 unspecified atom stereocenters. The first kappa shape index (κ1) is 36.3. The third-order valence-corrected chi connectivity index (χ3v) is 5.78. The molecular formula is C27H39N5O11. The first-order chi connectivity index (χ1) is 20.5. The lowest BCUT2D eigenvalue weighted by atomic mass is 10.1. The summed E-state index contributed by atoms with van der Waals surface area (Å²) in [4.78, 5) is 83.8. The summed E-state index contributed by atoms with van der Waals surface area (Å²) in [5.74, 6) is -5.38. The molecule has 7 N–H and O–H groups in total. The van der Waals surface area contributed by atoms with Crippen LogP contribution in [0.1, 0.15) is 44.1 Å². The molecule has 0 spiro atoms. The lowest BCUT2D eigenvalue weighted by Crippen LogP contribution is -2.53. The van der Waals surface area contributed by atoms with E-state index in [9.17, 15) is 33.6 Å². The molecule has 16 nitrogen and oxygen atoms in total. The largest absolute Gasteiger partial charge is 0.481 e. The number of carbonyl (C=O) groups is 7. The highest BCUT2D eigenvalue weighted by atomic mass is 16.5. The summed E-state index contributed by atoms with van der Waals surface area (Å²) < 4.78 is 5.14. The highest BCUT2D eigenvalue weighted by Gasteiger charge is 2.29. The molecule has 0 heterocycles. The van der Waals surface area contributed by atoms with Crippen molar-refractivity contribution in [2.24, 2.45) is 0 Å². The van der Waals surface area contributed by atoms with E-state index < -0.39 is 60.9 Å². The van der Waals surface area contributed by atoms with Gasteiger partial charge in [0.2, 0.25) is 17.7 Å². The summed E-state index contributed by atoms with van der Waals surface area (Å²) in [6, 6.07) is 7.98. The second-order valence-electron chi connectivity index (χ2n) is 9.33. The van der Waals surface area contributed by atoms with E-state index in [2.05, 4.69) is 21.3 Å². The third kappa shape index (κ3) is 18.3. The molecule has 238 valence electrons. The maximum absolute atomic E-state index is 13.1. The number of alkyl carbamates (subject to hydrolysis) is 1. The quantitative estimate of drug-likeness (QED) is 0.0825. The van der Waals surface area contributed by atoms with Crippen molar-refractivity contribution in [1.82, 2.24) is 26.2 Å². The summed E-state index contributed by atoms with van der Waals surface area (Å²) in [5, 5.41) is 36.4. The molecule has 0 aliphatic carbocycles. The Morgan fingerprint density at radius 3 is 1.70 bits per heavy atom. The predicted molar refractivity (Wildman–Crippen MR) is 150 cm³/mol. The monoisotopic (exact) mass is 609 g/mol. The Hall–Kier alpha value is -4.73. The van der Waals surface area contributed by atoms with Crippen LogP contribution in [-0.4, -0.2) is 107 Å². The highest BCUT2D eigenvalue weighted by Crippen LogP contribution is 2.10. The van der Waals surface area contributed by atoms with Crippen LogP contribution in [0.3, 0.4) is 0 Å². The number of rotatable bonds is 22. The van der Waals surface area contributed by atoms with E-state index in [0.717, 1.165) is 5.56 Å². The number of nitrogens with zero attached hydrogens (tertiary/aromatic N) is 1. The van der Waals surface area contributed by atoms with Crippen LogP contribution in [0.5, 0.6) is 0 Å². The molecule has 16 heteroatoms. The molecule has 0 aliphatic rings. The van der Waals surface area contributed by atoms with Crippen molar-refractivity contribution in [1.29, 1.82) is 0 Å². The van der Waals surface area contributed by atoms with E-state index >= 15 is 0 Å². The van der Waals surface area contributed by atoms with Crippen molar-refractivity contribution < 1.29 is 53.6 Å². The molecule has 0 aliphatic heterocycles. The number of hydrogen-bond acceptors (Lipinski definition) is 9. The zero-order valence-electron chi connectivity index (χ0n) is 23.7. The van der Waals surface area contributed by atoms with Gasteiger partial charge in [0.1, 0.15) is 6.61 Å². The maximum atomic E-state index is 13.1. The average Bonchev–Trinajstić information content (AvgIpc) is 2.93. The van der Waals surface area contributed by atoms with Crippen LogP contribution in [0, 0.1) is 0 Å². The van der Waals surface area contributed by atoms with Gasteiger partial charge in [-0.1, -0.05) is 30.3 Å². The van der Waals surface area contributed by atoms with Gasteiger partial charge in [-0.15, -0.1) is 0 Å². The summed E-state index contributed by atoms with van der Waals surface area (Å²) >= 11 is 0. The van der Waals surface area contributed by atoms with Crippen LogP contribution in [0.15, 0.2) is 30.3 Å². The first-order valence-electron chi connectivity index (χ1n) is 13.6. The summed E-state index contributed by atoms with van der Waals surface area (Å²) in [7, 11) is 0. The second-order valence-corrected chi connectivity index (χ2v) is 9.33. The van der Waals surface area contributed by atoms with Crippen molar-refractivity contribution in [3.63, 3.8) is 0 Å². The molecule has 1 rings (SSSR count). The molecule has 1 atom stereocenters. The normalized spacial score (nSPS) is 11.2. The molecule has 0 saturated carbocycles. The van der Waals surface area contributed by atoms with Gasteiger partial charge in [-0.3, -0.25) is 33.7 Å². The van der Waals surface area contributed by atoms with Crippen molar-refractivity contribution >= 4 is 41.7 Å². The van der Waals surface area contributed by atoms with Crippen LogP contribution in [0.2, 0.25) is 0 Å². The molecule has 1 aromatic carbocycles. The molecule has 1 aromatic rings. The van der Waals surface area contributed by atoms with Gasteiger partial charge in [0.05, 0.1) is 38.4 Å². The molecule has 0 aromatic heterocycles. The standard InChI is InChI=1S/C27H39N5O11/c33-21(28-13-9-23(35)36)16-32(17-22(34)29-14-10-24(37)38)20(26(41)30-15-11-25(39)40)8-4-5-12-31-27(42)43-18-19-6-2-1-3-7-19/h1-3,6-7,20H,4-5,8-18H2,(H,28,33)(H,29,34)(H,30,41)(H,31,42)(H,35,36)(H,37,38)(H,39,40). The molecular weight excluding hydrogens is 570 g/mol. The van der Waals surface area contributed by atoms with Gasteiger partial charge < -0.3 is 41.3 Å². The summed E-state index contributed by atoms with van der Waals surface area (Å²) in [5.41, 5.74) is 0.813. The number of aliphatic carboxylic acids is 3. The fourth-order valence-corrected chi connectivity index (χ4v) is 3.69. The number of nitrogens with one attached hydrogen (secondary N) is 4. The molecule has 4 amide bonds. The minimum absolute atomic E-state index is 0.0866. The number of amides is 4. The van der Waals surface area contributed by atoms with Crippen LogP contribution in [-0.2, 0) is 40.1 Å². The van der Waals surface area contributed by atoms with E-state index in [1.807, 2.05) is 18.2 Å². The van der Waals surface area contributed by atoms with E-state index in [0.29, 0.717) is 12.8 Å². The molecule has 43 heavy (non-hydrogen) atoms. The van der Waals surface area contributed by atoms with Gasteiger partial charge in [0, 0.05) is 26.2 Å². The summed E-state index contributed by atoms with van der Waals surface area (Å²) in [6.07, 6.45) is -0.855. The van der Waals surface area contributed by atoms with Gasteiger partial charge in [0.15, 0.2) is 0 Å². The molecule has 0 bridgehead atoms. The number of carboxylic acid groups (broad SMARTS) is 3. The van der Waals surface area contributed by atoms with Crippen LogP contribution < -0.4 is 21.3 Å². The van der Waals surface area contributed by atoms with Crippen LogP contribution in [0.4, 0.5) is 4.79 Å². The lowest BCUT2D eigenvalue weighted by molar-refractivity contribution is -0.138. The van der Waals surface area contributed by atoms with E-state index in [1.165, 1.54) is 4.90 Å². The number of carboxylic acids is 3. The highest BCUT2D eigenvalue weighted by molar-refractivity contribution is 5.86. The van der Waals surface area contributed by atoms with E-state index in [4.69, 9.17) is 20.1 Å². The Morgan fingerprint density at radius 2 is 1.19 bits per heavy atom. The average molecular weight is 610 g/mol. The SMILES string of the molecule is O=C(O)CCNC(=O)CN(CC(=O)NCCC(=O)O)C(CCCCNC(=O)OCc1ccccc1)C(=O)NCCC(=O)O. The predicted octanol–water partition coefficient (Wildman–Crippen LogP) is -0.474. The second kappa shape index (κ2) is 21.0. The Bertz CT molecular complexity index is 1050. The number of unbranched alkanes of at least 4 members (excludes halogenated alkanes) is 1. The zero-order chi connectivity index (χ0) is 32.0. The lowest BCUT2D eigenvalue weighted by Gasteiger charge is -2.30. The number of benzene rings is 1. The smallest absolute Gasteiger partial charge is 0.407 e. The molecule has 0 saturated heterocycles. The van der Waals surface area contributed by atoms with Gasteiger partial charge in [-0.2, -0.15) is 0 Å². The van der Waals surface area contributed by atoms with Gasteiger partial charge >= 0.3 is 24.0 Å². The molecule has 0 fully saturated rings. The van der Waals surface area contributed by atoms with Crippen LogP contribution in [0.25, 0.3) is 0 Å². The van der Waals surface area contributed by atoms with Gasteiger partial charge in [-0.05, 0) is 24.8 Å². The first-order valence-corrected chi connectivity index (χ1v) is 13.6. The van der Waals surface area contributed by atoms with E-state index in [1.54, 1.807) is 12.1 Å². The van der Waals surface area contributed by atoms with E-state index in [-0.39, 0.29) is 58.5 Å². The maximum Gasteiger partial charge on any atom is 0.407 e. The van der Waals surface area contributed by atoms with Gasteiger partial charge in [0.25, 0.3) is 0 Å². The summed E-state index contributed by atoms with van der Waals surface area (Å²) in [6.45, 7) is -1.25. The number of hydrogen-bond donors (Lipinski definition) is 7. The Balaban J connectivity index is 2.84. The zero-order valence-corrected chi connectivity index (χ0v) is 23.7. The minimum Gasteiger partial charge on any atom is -0.481 e. The fraction of sp³-hybridized carbons (Fsp3) is 0.519. The third-order valence-electron chi connectivity index (χ3n) is 5.78. The van der Waals surface area contributed by atoms with Crippen molar-refractivity contribution in [3.05, 3.63) is 35.9 Å². The Kier molecular flexibility index (Phi) is 17.8. The fourth-order valence-electron chi connectivity index (χ4n) is 3.69. The minimum atomic E-state index is -1.14. The Morgan fingerprint density at radius 1 is 0.674 bits per heavy atom. The van der Waals surface area contributed by atoms with Crippen molar-refractivity contribution in [2.75, 3.05) is 39.3 Å². The number of carbonyl (C=O) groups excluding carboxylic acids is 4. The molecule has 0 radical (unpaired) electrons. The Labute approximate surface area is 248 Å². The van der Waals surface area contributed by atoms with Gasteiger partial charge in [-0.25, -0.2) is 4.79 Å². The number of ether oxygens (including phenoxy) is 1. The topological polar surface area (TPSA) is 241 Å².